The quantitative estimate of drug-likeness (QED) is 0.0993. The van der Waals surface area contributed by atoms with Gasteiger partial charge in [0.05, 0.1) is 28.1 Å². The highest BCUT2D eigenvalue weighted by Crippen LogP contribution is 2.42. The summed E-state index contributed by atoms with van der Waals surface area (Å²) in [5.74, 6) is -3.48. The van der Waals surface area contributed by atoms with Gasteiger partial charge in [-0.25, -0.2) is 27.0 Å². The first-order chi connectivity index (χ1) is 25.6. The number of aromatic nitrogens is 1. The number of hydrogen-bond donors (Lipinski definition) is 2. The van der Waals surface area contributed by atoms with Crippen molar-refractivity contribution in [3.8, 4) is 0 Å². The van der Waals surface area contributed by atoms with Gasteiger partial charge in [0.15, 0.2) is 9.84 Å². The number of carbonyl (C=O) groups excluding carboxylic acids is 2. The molecule has 10 nitrogen and oxygen atoms in total. The maximum Gasteiger partial charge on any atom is 0.390 e. The fraction of sp³-hybridized carbons (Fsp3) is 0.605. The van der Waals surface area contributed by atoms with Crippen LogP contribution in [0.2, 0.25) is 0 Å². The van der Waals surface area contributed by atoms with Crippen molar-refractivity contribution in [1.29, 1.82) is 0 Å². The monoisotopic (exact) mass is 814 g/mol. The fourth-order valence-electron chi connectivity index (χ4n) is 6.92. The molecule has 0 saturated heterocycles. The number of amides is 2. The first kappa shape index (κ1) is 43.6. The van der Waals surface area contributed by atoms with Gasteiger partial charge in [0.1, 0.15) is 5.01 Å². The van der Waals surface area contributed by atoms with Crippen molar-refractivity contribution in [2.75, 3.05) is 24.6 Å². The molecule has 2 amide bonds. The van der Waals surface area contributed by atoms with Crippen LogP contribution < -0.4 is 10.5 Å². The van der Waals surface area contributed by atoms with E-state index in [1.54, 1.807) is 17.0 Å². The van der Waals surface area contributed by atoms with Crippen molar-refractivity contribution in [2.45, 2.75) is 121 Å². The van der Waals surface area contributed by atoms with Crippen LogP contribution in [0.5, 0.6) is 0 Å². The molecule has 0 aliphatic carbocycles. The summed E-state index contributed by atoms with van der Waals surface area (Å²) in [6, 6.07) is 12.5. The molecule has 0 spiro atoms. The lowest BCUT2D eigenvalue weighted by Crippen LogP contribution is -2.52. The van der Waals surface area contributed by atoms with Crippen LogP contribution in [0.15, 0.2) is 42.5 Å². The van der Waals surface area contributed by atoms with Gasteiger partial charge in [-0.05, 0) is 42.2 Å². The van der Waals surface area contributed by atoms with Crippen molar-refractivity contribution >= 4 is 53.2 Å². The van der Waals surface area contributed by atoms with E-state index in [9.17, 15) is 39.6 Å². The normalized spacial score (nSPS) is 14.9. The molecule has 4 rings (SSSR count). The van der Waals surface area contributed by atoms with Crippen LogP contribution in [0.3, 0.4) is 0 Å². The largest absolute Gasteiger partial charge is 0.390 e. The summed E-state index contributed by atoms with van der Waals surface area (Å²) in [5.41, 5.74) is 2.81. The second-order valence-corrected chi connectivity index (χ2v) is 19.3. The summed E-state index contributed by atoms with van der Waals surface area (Å²) in [5, 5.41) is 7.23. The van der Waals surface area contributed by atoms with Crippen molar-refractivity contribution in [2.24, 2.45) is 5.14 Å². The average molecular weight is 815 g/mol. The molecule has 16 heteroatoms. The number of nitrogens with zero attached hydrogens (tertiary/aromatic N) is 2. The molecule has 0 bridgehead atoms. The zero-order valence-corrected chi connectivity index (χ0v) is 33.4. The summed E-state index contributed by atoms with van der Waals surface area (Å²) in [7, 11) is -8.97. The number of fused-ring (bicyclic) bond motifs is 2. The predicted molar refractivity (Wildman–Crippen MR) is 207 cm³/mol. The molecule has 2 aromatic carbocycles. The molecule has 1 aromatic heterocycles. The summed E-state index contributed by atoms with van der Waals surface area (Å²) >= 11 is 0.837. The Labute approximate surface area is 321 Å². The van der Waals surface area contributed by atoms with E-state index in [1.807, 2.05) is 24.3 Å². The Morgan fingerprint density at radius 3 is 2.07 bits per heavy atom. The summed E-state index contributed by atoms with van der Waals surface area (Å²) in [4.78, 5) is 34.0. The summed E-state index contributed by atoms with van der Waals surface area (Å²) < 4.78 is 90.0. The van der Waals surface area contributed by atoms with Gasteiger partial charge < -0.3 is 10.2 Å². The minimum atomic E-state index is -4.91. The Morgan fingerprint density at radius 2 is 1.46 bits per heavy atom. The third-order valence-electron chi connectivity index (χ3n) is 10.0. The van der Waals surface area contributed by atoms with Crippen molar-refractivity contribution < 1.29 is 39.6 Å². The Balaban J connectivity index is 1.61. The molecular formula is C38H53F3N4O6S3. The molecule has 1 aliphatic heterocycles. The van der Waals surface area contributed by atoms with Gasteiger partial charge in [-0.3, -0.25) is 9.59 Å². The van der Waals surface area contributed by atoms with Gasteiger partial charge in [-0.1, -0.05) is 108 Å². The molecule has 3 N–H and O–H groups in total. The number of thiazole rings is 1. The van der Waals surface area contributed by atoms with Crippen LogP contribution in [-0.2, 0) is 42.4 Å². The Bertz CT molecular complexity index is 1940. The lowest BCUT2D eigenvalue weighted by Gasteiger charge is -2.30. The number of hydrogen-bond acceptors (Lipinski definition) is 8. The van der Waals surface area contributed by atoms with Gasteiger partial charge >= 0.3 is 6.18 Å². The van der Waals surface area contributed by atoms with Crippen molar-refractivity contribution in [3.63, 3.8) is 0 Å². The van der Waals surface area contributed by atoms with Gasteiger partial charge in [0, 0.05) is 25.2 Å². The number of nitrogens with one attached hydrogen (secondary N) is 1. The fourth-order valence-corrected chi connectivity index (χ4v) is 10.9. The summed E-state index contributed by atoms with van der Waals surface area (Å²) in [6.07, 6.45) is 5.48. The van der Waals surface area contributed by atoms with E-state index >= 15 is 0 Å². The van der Waals surface area contributed by atoms with Gasteiger partial charge in [0.2, 0.25) is 20.7 Å². The maximum absolute atomic E-state index is 14.2. The van der Waals surface area contributed by atoms with E-state index in [0.717, 1.165) is 49.0 Å². The molecule has 0 fully saturated rings. The molecule has 0 saturated carbocycles. The molecule has 300 valence electrons. The number of sulfonamides is 1. The Morgan fingerprint density at radius 1 is 0.852 bits per heavy atom. The number of sulfone groups is 1. The predicted octanol–water partition coefficient (Wildman–Crippen LogP) is 7.55. The van der Waals surface area contributed by atoms with Gasteiger partial charge in [0.25, 0.3) is 5.91 Å². The van der Waals surface area contributed by atoms with Crippen LogP contribution in [-0.4, -0.2) is 69.3 Å². The molecule has 0 radical (unpaired) electrons. The lowest BCUT2D eigenvalue weighted by molar-refractivity contribution is -0.130. The highest BCUT2D eigenvalue weighted by Gasteiger charge is 2.54. The van der Waals surface area contributed by atoms with Crippen molar-refractivity contribution in [3.05, 3.63) is 64.2 Å². The highest BCUT2D eigenvalue weighted by molar-refractivity contribution is 7.93. The smallest absolute Gasteiger partial charge is 0.353 e. The molecule has 3 aromatic rings. The second kappa shape index (κ2) is 19.7. The number of carbonyl (C=O) groups is 2. The molecule has 1 atom stereocenters. The van der Waals surface area contributed by atoms with E-state index < -0.39 is 61.2 Å². The number of nitrogens with two attached hydrogens (primary N) is 1. The number of alkyl halides is 3. The third-order valence-corrected chi connectivity index (χ3v) is 14.5. The number of unbranched alkanes of at least 4 members (excludes halogenated alkanes) is 11. The molecular weight excluding hydrogens is 762 g/mol. The number of benzene rings is 2. The number of rotatable bonds is 22. The Hall–Kier alpha value is -3.08. The second-order valence-electron chi connectivity index (χ2n) is 14.2. The zero-order chi connectivity index (χ0) is 39.4. The number of primary sulfonamides is 1. The van der Waals surface area contributed by atoms with Crippen LogP contribution in [0, 0.1) is 0 Å². The molecule has 1 unspecified atom stereocenters. The van der Waals surface area contributed by atoms with Crippen LogP contribution in [0.4, 0.5) is 13.2 Å². The first-order valence-electron chi connectivity index (χ1n) is 18.9. The van der Waals surface area contributed by atoms with E-state index in [1.165, 1.54) is 43.7 Å². The van der Waals surface area contributed by atoms with Crippen LogP contribution in [0.1, 0.15) is 123 Å². The summed E-state index contributed by atoms with van der Waals surface area (Å²) in [6.45, 7) is 2.55. The van der Waals surface area contributed by atoms with E-state index in [0.29, 0.717) is 36.2 Å². The maximum atomic E-state index is 14.2. The minimum absolute atomic E-state index is 0.195. The standard InChI is InChI=1S/C38H53F3N4O6S3/c1-2-3-4-5-6-7-8-9-10-11-12-15-21-37(35(47)43-23-26-54(42,50)51,53(48,49)25-22-38(39,40)41)36-44-32-19-18-30(27-33(32)52-36)34(46)45-24-20-29-16-13-14-17-31(29)28-45/h13-14,16-19,27H,2-12,15,20-26,28H2,1H3,(H,43,47)(H2,42,50,51). The highest BCUT2D eigenvalue weighted by atomic mass is 32.2. The Kier molecular flexibility index (Phi) is 15.9. The third kappa shape index (κ3) is 12.2. The zero-order valence-electron chi connectivity index (χ0n) is 31.0. The molecule has 1 aliphatic rings. The first-order valence-corrected chi connectivity index (χ1v) is 23.1. The lowest BCUT2D eigenvalue weighted by atomic mass is 9.98. The molecule has 2 heterocycles. The van der Waals surface area contributed by atoms with Crippen LogP contribution >= 0.6 is 11.3 Å². The van der Waals surface area contributed by atoms with E-state index in [2.05, 4.69) is 17.2 Å². The average Bonchev–Trinajstić information content (AvgIpc) is 3.55. The van der Waals surface area contributed by atoms with Gasteiger partial charge in [-0.2, -0.15) is 13.2 Å². The minimum Gasteiger partial charge on any atom is -0.353 e. The van der Waals surface area contributed by atoms with Gasteiger partial charge in [-0.15, -0.1) is 11.3 Å². The topological polar surface area (TPSA) is 157 Å². The van der Waals surface area contributed by atoms with Crippen LogP contribution in [0.25, 0.3) is 10.2 Å². The van der Waals surface area contributed by atoms with Crippen molar-refractivity contribution in [1.82, 2.24) is 15.2 Å². The molecule has 54 heavy (non-hydrogen) atoms. The SMILES string of the molecule is CCCCCCCCCCCCCCC(C(=O)NCCS(N)(=O)=O)(c1nc2ccc(C(=O)N3CCc4ccccc4C3)cc2s1)S(=O)(=O)CCC(F)(F)F. The number of halogens is 3. The van der Waals surface area contributed by atoms with E-state index in [-0.39, 0.29) is 29.3 Å². The van der Waals surface area contributed by atoms with E-state index in [4.69, 9.17) is 5.14 Å².